The summed E-state index contributed by atoms with van der Waals surface area (Å²) in [5.41, 5.74) is 1.06. The fourth-order valence-corrected chi connectivity index (χ4v) is 2.31. The molecule has 1 aliphatic heterocycles. The number of hydrogen-bond acceptors (Lipinski definition) is 3. The summed E-state index contributed by atoms with van der Waals surface area (Å²) in [6.07, 6.45) is 1.89. The van der Waals surface area contributed by atoms with Crippen LogP contribution in [-0.4, -0.2) is 35.7 Å². The normalized spacial score (nSPS) is 15.2. The van der Waals surface area contributed by atoms with Crippen molar-refractivity contribution in [2.75, 3.05) is 7.05 Å². The number of fused-ring (bicyclic) bond motifs is 1. The van der Waals surface area contributed by atoms with Gasteiger partial charge in [-0.3, -0.25) is 19.3 Å². The number of hydrogen-bond donors (Lipinski definition) is 1. The van der Waals surface area contributed by atoms with Crippen LogP contribution in [-0.2, 0) is 0 Å². The van der Waals surface area contributed by atoms with E-state index in [1.807, 2.05) is 6.92 Å². The molecule has 106 valence electrons. The monoisotopic (exact) mass is 274 g/mol. The number of carbonyl (C=O) groups excluding carboxylic acids is 3. The number of nitrogens with zero attached hydrogens (tertiary/aromatic N) is 1. The molecule has 20 heavy (non-hydrogen) atoms. The van der Waals surface area contributed by atoms with Crippen molar-refractivity contribution in [2.24, 2.45) is 0 Å². The molecule has 0 bridgehead atoms. The summed E-state index contributed by atoms with van der Waals surface area (Å²) in [6.45, 7) is 4.00. The van der Waals surface area contributed by atoms with Gasteiger partial charge in [0.2, 0.25) is 0 Å². The van der Waals surface area contributed by atoms with Crippen LogP contribution in [0.15, 0.2) is 18.2 Å². The van der Waals surface area contributed by atoms with E-state index in [0.29, 0.717) is 16.7 Å². The van der Waals surface area contributed by atoms with Gasteiger partial charge in [0.05, 0.1) is 11.1 Å². The highest BCUT2D eigenvalue weighted by Crippen LogP contribution is 2.22. The molecule has 0 spiro atoms. The van der Waals surface area contributed by atoms with E-state index in [2.05, 4.69) is 12.2 Å². The molecule has 1 atom stereocenters. The van der Waals surface area contributed by atoms with Crippen molar-refractivity contribution >= 4 is 17.7 Å². The Balaban J connectivity index is 2.23. The second-order valence-corrected chi connectivity index (χ2v) is 5.09. The van der Waals surface area contributed by atoms with E-state index in [-0.39, 0.29) is 23.8 Å². The molecule has 0 saturated carbocycles. The average Bonchev–Trinajstić information content (AvgIpc) is 2.64. The van der Waals surface area contributed by atoms with Crippen LogP contribution in [0.1, 0.15) is 57.8 Å². The maximum absolute atomic E-state index is 12.1. The first kappa shape index (κ1) is 14.2. The Morgan fingerprint density at radius 3 is 2.55 bits per heavy atom. The highest BCUT2D eigenvalue weighted by molar-refractivity contribution is 6.21. The minimum Gasteiger partial charge on any atom is -0.350 e. The lowest BCUT2D eigenvalue weighted by molar-refractivity contribution is 0.0693. The van der Waals surface area contributed by atoms with Crippen molar-refractivity contribution in [1.29, 1.82) is 0 Å². The molecule has 0 radical (unpaired) electrons. The predicted molar refractivity (Wildman–Crippen MR) is 74.7 cm³/mol. The highest BCUT2D eigenvalue weighted by atomic mass is 16.2. The van der Waals surface area contributed by atoms with E-state index in [1.54, 1.807) is 12.1 Å². The first-order chi connectivity index (χ1) is 9.45. The third-order valence-corrected chi connectivity index (χ3v) is 3.45. The van der Waals surface area contributed by atoms with E-state index >= 15 is 0 Å². The highest BCUT2D eigenvalue weighted by Gasteiger charge is 2.33. The molecular formula is C15H18N2O3. The smallest absolute Gasteiger partial charge is 0.261 e. The van der Waals surface area contributed by atoms with E-state index in [0.717, 1.165) is 17.7 Å². The molecule has 5 heteroatoms. The van der Waals surface area contributed by atoms with Gasteiger partial charge in [0.1, 0.15) is 0 Å². The van der Waals surface area contributed by atoms with Crippen LogP contribution in [0, 0.1) is 0 Å². The first-order valence-corrected chi connectivity index (χ1v) is 6.73. The Morgan fingerprint density at radius 1 is 1.25 bits per heavy atom. The minimum atomic E-state index is -0.360. The van der Waals surface area contributed by atoms with Crippen LogP contribution in [0.3, 0.4) is 0 Å². The second-order valence-electron chi connectivity index (χ2n) is 5.09. The van der Waals surface area contributed by atoms with Gasteiger partial charge in [-0.2, -0.15) is 0 Å². The molecule has 1 N–H and O–H groups in total. The lowest BCUT2D eigenvalue weighted by Gasteiger charge is -2.12. The van der Waals surface area contributed by atoms with E-state index in [4.69, 9.17) is 0 Å². The van der Waals surface area contributed by atoms with E-state index in [1.165, 1.54) is 13.1 Å². The van der Waals surface area contributed by atoms with Crippen LogP contribution >= 0.6 is 0 Å². The summed E-state index contributed by atoms with van der Waals surface area (Å²) in [6, 6.07) is 4.70. The number of imide groups is 1. The molecule has 1 aliphatic rings. The molecule has 1 aromatic carbocycles. The maximum Gasteiger partial charge on any atom is 0.261 e. The zero-order valence-electron chi connectivity index (χ0n) is 11.9. The SMILES string of the molecule is CCC[C@@H](C)NC(=O)c1ccc2c(c1)C(=O)N(C)C2=O. The van der Waals surface area contributed by atoms with E-state index in [9.17, 15) is 14.4 Å². The van der Waals surface area contributed by atoms with Crippen LogP contribution in [0.4, 0.5) is 0 Å². The molecular weight excluding hydrogens is 256 g/mol. The Labute approximate surface area is 118 Å². The number of rotatable bonds is 4. The second kappa shape index (κ2) is 5.45. The number of carbonyl (C=O) groups is 3. The van der Waals surface area contributed by atoms with Gasteiger partial charge in [-0.05, 0) is 31.5 Å². The molecule has 1 aromatic rings. The predicted octanol–water partition coefficient (Wildman–Crippen LogP) is 1.83. The van der Waals surface area contributed by atoms with Crippen molar-refractivity contribution in [3.05, 3.63) is 34.9 Å². The van der Waals surface area contributed by atoms with E-state index < -0.39 is 0 Å². The van der Waals surface area contributed by atoms with Crippen LogP contribution in [0.5, 0.6) is 0 Å². The van der Waals surface area contributed by atoms with Gasteiger partial charge < -0.3 is 5.32 Å². The molecule has 0 aliphatic carbocycles. The molecule has 0 aromatic heterocycles. The Hall–Kier alpha value is -2.17. The quantitative estimate of drug-likeness (QED) is 0.852. The van der Waals surface area contributed by atoms with Gasteiger partial charge in [-0.15, -0.1) is 0 Å². The summed E-state index contributed by atoms with van der Waals surface area (Å²) in [5.74, 6) is -0.902. The molecule has 3 amide bonds. The van der Waals surface area contributed by atoms with Crippen molar-refractivity contribution in [2.45, 2.75) is 32.7 Å². The third-order valence-electron chi connectivity index (χ3n) is 3.45. The number of amides is 3. The zero-order chi connectivity index (χ0) is 14.9. The van der Waals surface area contributed by atoms with Gasteiger partial charge in [0, 0.05) is 18.7 Å². The summed E-state index contributed by atoms with van der Waals surface area (Å²) in [5, 5.41) is 2.88. The van der Waals surface area contributed by atoms with Crippen molar-refractivity contribution in [3.63, 3.8) is 0 Å². The first-order valence-electron chi connectivity index (χ1n) is 6.73. The van der Waals surface area contributed by atoms with Crippen molar-refractivity contribution < 1.29 is 14.4 Å². The Morgan fingerprint density at radius 2 is 1.90 bits per heavy atom. The fourth-order valence-electron chi connectivity index (χ4n) is 2.31. The van der Waals surface area contributed by atoms with Crippen LogP contribution in [0.2, 0.25) is 0 Å². The van der Waals surface area contributed by atoms with Crippen molar-refractivity contribution in [3.8, 4) is 0 Å². The fraction of sp³-hybridized carbons (Fsp3) is 0.400. The average molecular weight is 274 g/mol. The zero-order valence-corrected chi connectivity index (χ0v) is 11.9. The van der Waals surface area contributed by atoms with Crippen molar-refractivity contribution in [1.82, 2.24) is 10.2 Å². The van der Waals surface area contributed by atoms with Crippen LogP contribution < -0.4 is 5.32 Å². The largest absolute Gasteiger partial charge is 0.350 e. The topological polar surface area (TPSA) is 66.5 Å². The lowest BCUT2D eigenvalue weighted by atomic mass is 10.0. The molecule has 5 nitrogen and oxygen atoms in total. The molecule has 0 fully saturated rings. The Kier molecular flexibility index (Phi) is 3.88. The minimum absolute atomic E-state index is 0.0840. The summed E-state index contributed by atoms with van der Waals surface area (Å²) < 4.78 is 0. The van der Waals surface area contributed by atoms with Gasteiger partial charge in [0.15, 0.2) is 0 Å². The van der Waals surface area contributed by atoms with Gasteiger partial charge in [-0.1, -0.05) is 13.3 Å². The van der Waals surface area contributed by atoms with Gasteiger partial charge in [0.25, 0.3) is 17.7 Å². The molecule has 1 heterocycles. The summed E-state index contributed by atoms with van der Waals surface area (Å²) in [7, 11) is 1.44. The van der Waals surface area contributed by atoms with Crippen LogP contribution in [0.25, 0.3) is 0 Å². The van der Waals surface area contributed by atoms with Gasteiger partial charge >= 0.3 is 0 Å². The third kappa shape index (κ3) is 2.43. The molecule has 2 rings (SSSR count). The molecule has 0 saturated heterocycles. The summed E-state index contributed by atoms with van der Waals surface area (Å²) >= 11 is 0. The number of benzene rings is 1. The number of nitrogens with one attached hydrogen (secondary N) is 1. The molecule has 0 unspecified atom stereocenters. The lowest BCUT2D eigenvalue weighted by Crippen LogP contribution is -2.32. The maximum atomic E-state index is 12.1. The summed E-state index contributed by atoms with van der Waals surface area (Å²) in [4.78, 5) is 36.8. The Bertz CT molecular complexity index is 580. The van der Waals surface area contributed by atoms with Gasteiger partial charge in [-0.25, -0.2) is 0 Å². The standard InChI is InChI=1S/C15H18N2O3/c1-4-5-9(2)16-13(18)10-6-7-11-12(8-10)15(20)17(3)14(11)19/h6-9H,4-5H2,1-3H3,(H,16,18)/t9-/m1/s1.